The van der Waals surface area contributed by atoms with Gasteiger partial charge in [-0.25, -0.2) is 4.79 Å². The largest absolute Gasteiger partial charge is 0.460 e. The molecule has 3 heteroatoms. The van der Waals surface area contributed by atoms with E-state index in [1.54, 1.807) is 14.0 Å². The summed E-state index contributed by atoms with van der Waals surface area (Å²) in [7, 11) is 1.55. The molecule has 1 aliphatic carbocycles. The van der Waals surface area contributed by atoms with Crippen LogP contribution in [0.15, 0.2) is 12.2 Å². The second-order valence-electron chi connectivity index (χ2n) is 3.32. The molecule has 1 saturated carbocycles. The number of carbonyl (C=O) groups excluding carboxylic acids is 1. The van der Waals surface area contributed by atoms with Crippen LogP contribution in [0.1, 0.15) is 32.6 Å². The molecule has 0 aromatic rings. The van der Waals surface area contributed by atoms with Crippen LogP contribution < -0.4 is 0 Å². The summed E-state index contributed by atoms with van der Waals surface area (Å²) in [5.74, 6) is -0.364. The van der Waals surface area contributed by atoms with E-state index in [0.717, 1.165) is 0 Å². The fourth-order valence-corrected chi connectivity index (χ4v) is 0.591. The van der Waals surface area contributed by atoms with E-state index < -0.39 is 0 Å². The molecule has 0 aromatic heterocycles. The summed E-state index contributed by atoms with van der Waals surface area (Å²) in [5, 5.41) is 0. The van der Waals surface area contributed by atoms with Crippen molar-refractivity contribution in [3.05, 3.63) is 12.2 Å². The molecule has 1 aliphatic rings. The Bertz CT molecular complexity index is 167. The van der Waals surface area contributed by atoms with E-state index in [1.165, 1.54) is 25.7 Å². The number of rotatable bonds is 4. The van der Waals surface area contributed by atoms with E-state index >= 15 is 0 Å². The lowest BCUT2D eigenvalue weighted by Crippen LogP contribution is -2.09. The van der Waals surface area contributed by atoms with Crippen LogP contribution in [-0.2, 0) is 14.3 Å². The smallest absolute Gasteiger partial charge is 0.333 e. The molecule has 14 heavy (non-hydrogen) atoms. The van der Waals surface area contributed by atoms with Gasteiger partial charge in [-0.3, -0.25) is 0 Å². The Morgan fingerprint density at radius 3 is 2.00 bits per heavy atom. The predicted molar refractivity (Wildman–Crippen MR) is 56.1 cm³/mol. The fourth-order valence-electron chi connectivity index (χ4n) is 0.591. The molecule has 0 bridgehead atoms. The second-order valence-corrected chi connectivity index (χ2v) is 3.32. The Morgan fingerprint density at radius 2 is 1.71 bits per heavy atom. The first-order chi connectivity index (χ1) is 6.68. The summed E-state index contributed by atoms with van der Waals surface area (Å²) in [6.07, 6.45) is 6.00. The normalized spacial score (nSPS) is 13.3. The minimum atomic E-state index is -0.364. The van der Waals surface area contributed by atoms with Crippen LogP contribution >= 0.6 is 0 Å². The molecule has 0 aromatic carbocycles. The van der Waals surface area contributed by atoms with Gasteiger partial charge in [0.25, 0.3) is 0 Å². The molecule has 0 aliphatic heterocycles. The summed E-state index contributed by atoms with van der Waals surface area (Å²) in [5.41, 5.74) is 0.413. The number of esters is 1. The average molecular weight is 200 g/mol. The van der Waals surface area contributed by atoms with E-state index in [-0.39, 0.29) is 5.97 Å². The molecule has 0 saturated heterocycles. The lowest BCUT2D eigenvalue weighted by Gasteiger charge is -2.05. The highest BCUT2D eigenvalue weighted by atomic mass is 16.6. The molecule has 0 N–H and O–H groups in total. The van der Waals surface area contributed by atoms with Gasteiger partial charge in [0.1, 0.15) is 6.61 Å². The van der Waals surface area contributed by atoms with E-state index in [1.807, 2.05) is 0 Å². The Labute approximate surface area is 86.1 Å². The molecular formula is C11H20O3. The zero-order valence-electron chi connectivity index (χ0n) is 9.17. The van der Waals surface area contributed by atoms with Crippen LogP contribution in [0.25, 0.3) is 0 Å². The Hall–Kier alpha value is -0.830. The highest BCUT2D eigenvalue weighted by Crippen LogP contribution is 2.15. The van der Waals surface area contributed by atoms with Crippen LogP contribution in [0.3, 0.4) is 0 Å². The van der Waals surface area contributed by atoms with Crippen molar-refractivity contribution < 1.29 is 14.3 Å². The molecular weight excluding hydrogens is 180 g/mol. The molecule has 3 nitrogen and oxygen atoms in total. The van der Waals surface area contributed by atoms with Gasteiger partial charge in [0.2, 0.25) is 0 Å². The monoisotopic (exact) mass is 200 g/mol. The molecule has 1 fully saturated rings. The molecule has 0 heterocycles. The minimum Gasteiger partial charge on any atom is -0.460 e. The summed E-state index contributed by atoms with van der Waals surface area (Å²) < 4.78 is 9.35. The number of carbonyl (C=O) groups is 1. The molecule has 82 valence electrons. The first kappa shape index (κ1) is 13.2. The molecule has 0 unspecified atom stereocenters. The summed E-state index contributed by atoms with van der Waals surface area (Å²) in [4.78, 5) is 10.6. The van der Waals surface area contributed by atoms with Crippen molar-refractivity contribution in [1.29, 1.82) is 0 Å². The van der Waals surface area contributed by atoms with Crippen LogP contribution in [-0.4, -0.2) is 26.3 Å². The maximum Gasteiger partial charge on any atom is 0.333 e. The average Bonchev–Trinajstić information content (AvgIpc) is 2.01. The van der Waals surface area contributed by atoms with E-state index in [4.69, 9.17) is 0 Å². The Morgan fingerprint density at radius 1 is 1.21 bits per heavy atom. The molecule has 0 amide bonds. The van der Waals surface area contributed by atoms with Gasteiger partial charge < -0.3 is 9.47 Å². The van der Waals surface area contributed by atoms with Gasteiger partial charge in [-0.05, 0) is 6.92 Å². The summed E-state index contributed by atoms with van der Waals surface area (Å²) in [6, 6.07) is 0. The maximum atomic E-state index is 10.6. The number of methoxy groups -OCH3 is 1. The third-order valence-electron chi connectivity index (χ3n) is 1.87. The quantitative estimate of drug-likeness (QED) is 0.397. The van der Waals surface area contributed by atoms with E-state index in [9.17, 15) is 4.79 Å². The highest BCUT2D eigenvalue weighted by Gasteiger charge is 2.00. The van der Waals surface area contributed by atoms with Crippen molar-refractivity contribution in [3.8, 4) is 0 Å². The van der Waals surface area contributed by atoms with Gasteiger partial charge in [0, 0.05) is 12.7 Å². The van der Waals surface area contributed by atoms with Crippen LogP contribution in [0.5, 0.6) is 0 Å². The third-order valence-corrected chi connectivity index (χ3v) is 1.87. The van der Waals surface area contributed by atoms with Crippen molar-refractivity contribution in [1.82, 2.24) is 0 Å². The standard InChI is InChI=1S/C7H12O3.C4H8/c1-6(2)7(8)10-5-4-9-3;1-2-4-3-1/h1,4-5H2,2-3H3;1-4H2. The highest BCUT2D eigenvalue weighted by molar-refractivity contribution is 5.86. The van der Waals surface area contributed by atoms with Gasteiger partial charge in [-0.1, -0.05) is 32.3 Å². The molecule has 0 radical (unpaired) electrons. The van der Waals surface area contributed by atoms with Crippen molar-refractivity contribution in [3.63, 3.8) is 0 Å². The summed E-state index contributed by atoms with van der Waals surface area (Å²) >= 11 is 0. The molecule has 0 spiro atoms. The SMILES string of the molecule is C1CCC1.C=C(C)C(=O)OCCOC. The van der Waals surface area contributed by atoms with Crippen LogP contribution in [0.2, 0.25) is 0 Å². The first-order valence-electron chi connectivity index (χ1n) is 5.00. The van der Waals surface area contributed by atoms with Crippen molar-refractivity contribution in [2.24, 2.45) is 0 Å². The van der Waals surface area contributed by atoms with Crippen LogP contribution in [0, 0.1) is 0 Å². The van der Waals surface area contributed by atoms with Crippen molar-refractivity contribution >= 4 is 5.97 Å². The van der Waals surface area contributed by atoms with Gasteiger partial charge in [-0.15, -0.1) is 0 Å². The lowest BCUT2D eigenvalue weighted by atomic mass is 10.0. The zero-order chi connectivity index (χ0) is 10.8. The molecule has 1 rings (SSSR count). The van der Waals surface area contributed by atoms with Gasteiger partial charge in [-0.2, -0.15) is 0 Å². The molecule has 0 atom stereocenters. The van der Waals surface area contributed by atoms with Gasteiger partial charge in [0.05, 0.1) is 6.61 Å². The topological polar surface area (TPSA) is 35.5 Å². The third kappa shape index (κ3) is 7.80. The predicted octanol–water partition coefficient (Wildman–Crippen LogP) is 2.31. The fraction of sp³-hybridized carbons (Fsp3) is 0.727. The maximum absolute atomic E-state index is 10.6. The van der Waals surface area contributed by atoms with Crippen LogP contribution in [0.4, 0.5) is 0 Å². The van der Waals surface area contributed by atoms with Gasteiger partial charge >= 0.3 is 5.97 Å². The number of hydrogen-bond donors (Lipinski definition) is 0. The van der Waals surface area contributed by atoms with Crippen molar-refractivity contribution in [2.75, 3.05) is 20.3 Å². The second kappa shape index (κ2) is 8.75. The van der Waals surface area contributed by atoms with Gasteiger partial charge in [0.15, 0.2) is 0 Å². The van der Waals surface area contributed by atoms with Crippen molar-refractivity contribution in [2.45, 2.75) is 32.6 Å². The zero-order valence-corrected chi connectivity index (χ0v) is 9.17. The number of hydrogen-bond acceptors (Lipinski definition) is 3. The minimum absolute atomic E-state index is 0.294. The Kier molecular flexibility index (Phi) is 8.24. The van der Waals surface area contributed by atoms with E-state index in [0.29, 0.717) is 18.8 Å². The van der Waals surface area contributed by atoms with E-state index in [2.05, 4.69) is 16.1 Å². The first-order valence-corrected chi connectivity index (χ1v) is 5.00. The Balaban J connectivity index is 0.000000344. The summed E-state index contributed by atoms with van der Waals surface area (Å²) in [6.45, 7) is 5.75. The lowest BCUT2D eigenvalue weighted by molar-refractivity contribution is -0.140. The number of ether oxygens (including phenoxy) is 2.